The summed E-state index contributed by atoms with van der Waals surface area (Å²) in [5, 5.41) is 0. The Labute approximate surface area is 117 Å². The fourth-order valence-corrected chi connectivity index (χ4v) is 2.22. The highest BCUT2D eigenvalue weighted by Crippen LogP contribution is 2.06. The summed E-state index contributed by atoms with van der Waals surface area (Å²) in [5.74, 6) is 0.751. The van der Waals surface area contributed by atoms with Crippen LogP contribution in [0.25, 0.3) is 11.2 Å². The molecule has 110 valence electrons. The third-order valence-corrected chi connectivity index (χ3v) is 3.27. The highest BCUT2D eigenvalue weighted by atomic mass is 16.2. The molecule has 2 heterocycles. The molecular weight excluding hydrogens is 256 g/mol. The van der Waals surface area contributed by atoms with E-state index < -0.39 is 0 Å². The first kappa shape index (κ1) is 14.6. The number of hydrogen-bond donors (Lipinski definition) is 1. The van der Waals surface area contributed by atoms with Crippen molar-refractivity contribution in [2.24, 2.45) is 11.8 Å². The van der Waals surface area contributed by atoms with Crippen molar-refractivity contribution in [2.75, 3.05) is 0 Å². The molecule has 0 aliphatic carbocycles. The normalized spacial score (nSPS) is 11.9. The number of nitrogens with one attached hydrogen (secondary N) is 1. The van der Waals surface area contributed by atoms with Crippen LogP contribution in [0, 0.1) is 11.8 Å². The van der Waals surface area contributed by atoms with Gasteiger partial charge in [-0.2, -0.15) is 0 Å². The van der Waals surface area contributed by atoms with E-state index in [0.717, 1.165) is 6.42 Å². The first-order valence-corrected chi connectivity index (χ1v) is 7.08. The van der Waals surface area contributed by atoms with E-state index in [1.54, 1.807) is 4.57 Å². The van der Waals surface area contributed by atoms with Crippen molar-refractivity contribution in [3.63, 3.8) is 0 Å². The molecule has 6 nitrogen and oxygen atoms in total. The standard InChI is InChI=1S/C14H22N4O2/c1-9(2)5-6-17-13(19)11-12(16-8-15-11)18(14(17)20)7-10(3)4/h8-10H,5-7H2,1-4H3,(H,15,16). The summed E-state index contributed by atoms with van der Waals surface area (Å²) in [6.45, 7) is 9.23. The lowest BCUT2D eigenvalue weighted by molar-refractivity contribution is 0.457. The topological polar surface area (TPSA) is 72.7 Å². The van der Waals surface area contributed by atoms with Gasteiger partial charge in [0, 0.05) is 13.1 Å². The number of rotatable bonds is 5. The van der Waals surface area contributed by atoms with Gasteiger partial charge >= 0.3 is 5.69 Å². The fraction of sp³-hybridized carbons (Fsp3) is 0.643. The first-order chi connectivity index (χ1) is 9.41. The Morgan fingerprint density at radius 3 is 2.45 bits per heavy atom. The van der Waals surface area contributed by atoms with E-state index >= 15 is 0 Å². The second-order valence-corrected chi connectivity index (χ2v) is 6.03. The van der Waals surface area contributed by atoms with Gasteiger partial charge < -0.3 is 4.98 Å². The Bertz CT molecular complexity index is 706. The predicted molar refractivity (Wildman–Crippen MR) is 78.9 cm³/mol. The van der Waals surface area contributed by atoms with Crippen LogP contribution in [0.3, 0.4) is 0 Å². The summed E-state index contributed by atoms with van der Waals surface area (Å²) in [7, 11) is 0. The number of hydrogen-bond acceptors (Lipinski definition) is 3. The van der Waals surface area contributed by atoms with Crippen LogP contribution in [0.5, 0.6) is 0 Å². The molecular formula is C14H22N4O2. The molecule has 0 atom stereocenters. The zero-order chi connectivity index (χ0) is 14.9. The Morgan fingerprint density at radius 2 is 1.85 bits per heavy atom. The van der Waals surface area contributed by atoms with Crippen molar-refractivity contribution in [1.82, 2.24) is 19.1 Å². The van der Waals surface area contributed by atoms with Gasteiger partial charge in [-0.1, -0.05) is 27.7 Å². The Balaban J connectivity index is 2.62. The van der Waals surface area contributed by atoms with Gasteiger partial charge in [-0.05, 0) is 18.3 Å². The van der Waals surface area contributed by atoms with Crippen LogP contribution in [-0.2, 0) is 13.1 Å². The van der Waals surface area contributed by atoms with Crippen LogP contribution < -0.4 is 11.2 Å². The van der Waals surface area contributed by atoms with Crippen molar-refractivity contribution in [3.05, 3.63) is 27.2 Å². The second-order valence-electron chi connectivity index (χ2n) is 6.03. The van der Waals surface area contributed by atoms with Gasteiger partial charge in [0.15, 0.2) is 5.65 Å². The van der Waals surface area contributed by atoms with E-state index in [1.165, 1.54) is 10.9 Å². The Hall–Kier alpha value is -1.85. The van der Waals surface area contributed by atoms with Crippen molar-refractivity contribution in [1.29, 1.82) is 0 Å². The van der Waals surface area contributed by atoms with Crippen LogP contribution in [0.2, 0.25) is 0 Å². The molecule has 6 heteroatoms. The number of H-pyrrole nitrogens is 1. The van der Waals surface area contributed by atoms with E-state index in [4.69, 9.17) is 0 Å². The second kappa shape index (κ2) is 5.64. The number of imidazole rings is 1. The third-order valence-electron chi connectivity index (χ3n) is 3.27. The number of nitrogens with zero attached hydrogens (tertiary/aromatic N) is 3. The molecule has 0 bridgehead atoms. The summed E-state index contributed by atoms with van der Waals surface area (Å²) in [6, 6.07) is 0. The molecule has 0 radical (unpaired) electrons. The fourth-order valence-electron chi connectivity index (χ4n) is 2.22. The lowest BCUT2D eigenvalue weighted by atomic mass is 10.1. The molecule has 0 aliphatic rings. The van der Waals surface area contributed by atoms with Crippen LogP contribution in [0.4, 0.5) is 0 Å². The Kier molecular flexibility index (Phi) is 4.11. The number of aromatic nitrogens is 4. The van der Waals surface area contributed by atoms with Crippen molar-refractivity contribution in [2.45, 2.75) is 47.2 Å². The summed E-state index contributed by atoms with van der Waals surface area (Å²) in [6.07, 6.45) is 2.27. The van der Waals surface area contributed by atoms with Crippen LogP contribution >= 0.6 is 0 Å². The lowest BCUT2D eigenvalue weighted by Gasteiger charge is -2.13. The van der Waals surface area contributed by atoms with Gasteiger partial charge in [0.25, 0.3) is 5.56 Å². The summed E-state index contributed by atoms with van der Waals surface area (Å²) in [5.41, 5.74) is 0.329. The van der Waals surface area contributed by atoms with Crippen LogP contribution in [-0.4, -0.2) is 19.1 Å². The quantitative estimate of drug-likeness (QED) is 0.902. The maximum absolute atomic E-state index is 12.5. The average Bonchev–Trinajstić information content (AvgIpc) is 2.83. The third kappa shape index (κ3) is 2.69. The van der Waals surface area contributed by atoms with Crippen LogP contribution in [0.1, 0.15) is 34.1 Å². The average molecular weight is 278 g/mol. The minimum absolute atomic E-state index is 0.260. The predicted octanol–water partition coefficient (Wildman–Crippen LogP) is 1.59. The molecule has 0 spiro atoms. The van der Waals surface area contributed by atoms with Gasteiger partial charge in [-0.3, -0.25) is 13.9 Å². The lowest BCUT2D eigenvalue weighted by Crippen LogP contribution is -2.41. The van der Waals surface area contributed by atoms with E-state index in [-0.39, 0.29) is 11.2 Å². The molecule has 20 heavy (non-hydrogen) atoms. The van der Waals surface area contributed by atoms with Gasteiger partial charge in [0.1, 0.15) is 5.52 Å². The number of aromatic amines is 1. The van der Waals surface area contributed by atoms with Gasteiger partial charge in [-0.15, -0.1) is 0 Å². The highest BCUT2D eigenvalue weighted by molar-refractivity contribution is 5.68. The molecule has 2 aromatic rings. The molecule has 2 aromatic heterocycles. The molecule has 0 aliphatic heterocycles. The largest absolute Gasteiger partial charge is 0.339 e. The smallest absolute Gasteiger partial charge is 0.332 e. The summed E-state index contributed by atoms with van der Waals surface area (Å²) < 4.78 is 2.92. The van der Waals surface area contributed by atoms with Gasteiger partial charge in [-0.25, -0.2) is 9.78 Å². The monoisotopic (exact) mass is 278 g/mol. The molecule has 0 saturated heterocycles. The molecule has 0 aromatic carbocycles. The van der Waals surface area contributed by atoms with E-state index in [2.05, 4.69) is 23.8 Å². The minimum atomic E-state index is -0.275. The highest BCUT2D eigenvalue weighted by Gasteiger charge is 2.15. The van der Waals surface area contributed by atoms with Crippen molar-refractivity contribution < 1.29 is 0 Å². The zero-order valence-electron chi connectivity index (χ0n) is 12.5. The molecule has 0 amide bonds. The molecule has 0 unspecified atom stereocenters. The molecule has 1 N–H and O–H groups in total. The first-order valence-electron chi connectivity index (χ1n) is 7.08. The maximum Gasteiger partial charge on any atom is 0.332 e. The SMILES string of the molecule is CC(C)CCn1c(=O)c2[nH]cnc2n(CC(C)C)c1=O. The van der Waals surface area contributed by atoms with E-state index in [1.807, 2.05) is 13.8 Å². The van der Waals surface area contributed by atoms with Gasteiger partial charge in [0.05, 0.1) is 6.33 Å². The molecule has 2 rings (SSSR count). The van der Waals surface area contributed by atoms with Crippen molar-refractivity contribution >= 4 is 11.2 Å². The van der Waals surface area contributed by atoms with Crippen molar-refractivity contribution in [3.8, 4) is 0 Å². The Morgan fingerprint density at radius 1 is 1.15 bits per heavy atom. The molecule has 0 fully saturated rings. The van der Waals surface area contributed by atoms with Crippen LogP contribution in [0.15, 0.2) is 15.9 Å². The summed E-state index contributed by atoms with van der Waals surface area (Å²) >= 11 is 0. The van der Waals surface area contributed by atoms with E-state index in [0.29, 0.717) is 36.1 Å². The maximum atomic E-state index is 12.5. The van der Waals surface area contributed by atoms with Gasteiger partial charge in [0.2, 0.25) is 0 Å². The summed E-state index contributed by atoms with van der Waals surface area (Å²) in [4.78, 5) is 31.8. The minimum Gasteiger partial charge on any atom is -0.339 e. The molecule has 0 saturated carbocycles. The van der Waals surface area contributed by atoms with E-state index in [9.17, 15) is 9.59 Å². The zero-order valence-corrected chi connectivity index (χ0v) is 12.5. The number of fused-ring (bicyclic) bond motifs is 1.